The van der Waals surface area contributed by atoms with Crippen LogP contribution in [0.1, 0.15) is 25.6 Å². The molecule has 1 heterocycles. The van der Waals surface area contributed by atoms with Crippen LogP contribution in [0, 0.1) is 6.92 Å². The molecule has 4 nitrogen and oxygen atoms in total. The number of aliphatic hydroxyl groups excluding tert-OH is 1. The molecule has 1 aromatic carbocycles. The number of hydrogen-bond acceptors (Lipinski definition) is 3. The van der Waals surface area contributed by atoms with Gasteiger partial charge >= 0.3 is 0 Å². The third kappa shape index (κ3) is 10.9. The topological polar surface area (TPSA) is 50.9 Å². The number of aryl methyl sites for hydroxylation is 2. The maximum atomic E-state index is 8.79. The molecule has 0 bridgehead atoms. The van der Waals surface area contributed by atoms with Crippen molar-refractivity contribution in [1.82, 2.24) is 14.8 Å². The van der Waals surface area contributed by atoms with Gasteiger partial charge in [-0.05, 0) is 31.9 Å². The van der Waals surface area contributed by atoms with Gasteiger partial charge in [-0.2, -0.15) is 0 Å². The summed E-state index contributed by atoms with van der Waals surface area (Å²) in [6.07, 6.45) is 4.78. The van der Waals surface area contributed by atoms with Gasteiger partial charge in [0.2, 0.25) is 0 Å². The molecular weight excluding hydrogens is 330 g/mol. The van der Waals surface area contributed by atoms with Gasteiger partial charge in [-0.15, -0.1) is 16.8 Å². The maximum Gasteiger partial charge on any atom is 0.129 e. The maximum absolute atomic E-state index is 8.79. The number of halogens is 1. The standard InChI is InChI=1S/C6H5Br.C6H12O.C4H7N3/c7-6-4-2-1-3-5-6;1-3-5-6(7)4-2;1-4-6-5-3-7(4)2/h1-5H;3,6-7H,1,4-5H2,2H3;3H,1-2H3. The van der Waals surface area contributed by atoms with E-state index in [9.17, 15) is 0 Å². The van der Waals surface area contributed by atoms with Crippen LogP contribution in [0.4, 0.5) is 0 Å². The first-order valence-corrected chi connectivity index (χ1v) is 7.60. The predicted molar refractivity (Wildman–Crippen MR) is 91.0 cm³/mol. The Morgan fingerprint density at radius 1 is 1.38 bits per heavy atom. The van der Waals surface area contributed by atoms with Gasteiger partial charge in [0, 0.05) is 11.5 Å². The van der Waals surface area contributed by atoms with E-state index in [1.165, 1.54) is 0 Å². The highest BCUT2D eigenvalue weighted by molar-refractivity contribution is 9.10. The summed E-state index contributed by atoms with van der Waals surface area (Å²) >= 11 is 3.31. The van der Waals surface area contributed by atoms with Gasteiger partial charge in [0.1, 0.15) is 12.2 Å². The van der Waals surface area contributed by atoms with Gasteiger partial charge in [-0.25, -0.2) is 0 Å². The van der Waals surface area contributed by atoms with Crippen molar-refractivity contribution in [2.75, 3.05) is 0 Å². The van der Waals surface area contributed by atoms with E-state index in [2.05, 4.69) is 32.7 Å². The van der Waals surface area contributed by atoms with Gasteiger partial charge in [0.15, 0.2) is 0 Å². The minimum absolute atomic E-state index is 0.169. The molecule has 1 aromatic heterocycles. The quantitative estimate of drug-likeness (QED) is 0.851. The van der Waals surface area contributed by atoms with Crippen LogP contribution in [-0.4, -0.2) is 26.0 Å². The zero-order chi connectivity index (χ0) is 16.1. The molecule has 0 aliphatic heterocycles. The monoisotopic (exact) mass is 353 g/mol. The van der Waals surface area contributed by atoms with E-state index >= 15 is 0 Å². The fourth-order valence-corrected chi connectivity index (χ4v) is 1.42. The molecule has 5 heteroatoms. The van der Waals surface area contributed by atoms with Crippen molar-refractivity contribution in [2.24, 2.45) is 7.05 Å². The number of aliphatic hydroxyl groups is 1. The average molecular weight is 354 g/mol. The minimum Gasteiger partial charge on any atom is -0.393 e. The van der Waals surface area contributed by atoms with Crippen molar-refractivity contribution in [2.45, 2.75) is 32.8 Å². The average Bonchev–Trinajstić information content (AvgIpc) is 2.85. The summed E-state index contributed by atoms with van der Waals surface area (Å²) < 4.78 is 3.00. The molecule has 21 heavy (non-hydrogen) atoms. The molecule has 0 radical (unpaired) electrons. The van der Waals surface area contributed by atoms with Crippen LogP contribution >= 0.6 is 15.9 Å². The summed E-state index contributed by atoms with van der Waals surface area (Å²) in [5.41, 5.74) is 0. The lowest BCUT2D eigenvalue weighted by Gasteiger charge is -1.99. The third-order valence-electron chi connectivity index (χ3n) is 2.58. The summed E-state index contributed by atoms with van der Waals surface area (Å²) in [5.74, 6) is 0.944. The molecule has 0 amide bonds. The zero-order valence-corrected chi connectivity index (χ0v) is 14.5. The molecular formula is C16H24BrN3O. The second kappa shape index (κ2) is 12.3. The van der Waals surface area contributed by atoms with Crippen LogP contribution < -0.4 is 0 Å². The Morgan fingerprint density at radius 3 is 2.19 bits per heavy atom. The van der Waals surface area contributed by atoms with E-state index in [0.29, 0.717) is 0 Å². The van der Waals surface area contributed by atoms with Crippen LogP contribution in [0.5, 0.6) is 0 Å². The van der Waals surface area contributed by atoms with Gasteiger partial charge in [-0.3, -0.25) is 0 Å². The highest BCUT2D eigenvalue weighted by Crippen LogP contribution is 2.05. The number of nitrogens with zero attached hydrogens (tertiary/aromatic N) is 3. The Bertz CT molecular complexity index is 469. The summed E-state index contributed by atoms with van der Waals surface area (Å²) in [5, 5.41) is 16.2. The van der Waals surface area contributed by atoms with E-state index in [1.807, 2.05) is 55.8 Å². The highest BCUT2D eigenvalue weighted by atomic mass is 79.9. The van der Waals surface area contributed by atoms with Crippen LogP contribution in [0.15, 0.2) is 53.8 Å². The molecule has 1 atom stereocenters. The molecule has 0 saturated heterocycles. The molecule has 2 aromatic rings. The number of hydrogen-bond donors (Lipinski definition) is 1. The van der Waals surface area contributed by atoms with E-state index < -0.39 is 0 Å². The smallest absolute Gasteiger partial charge is 0.129 e. The van der Waals surface area contributed by atoms with Gasteiger partial charge in [0.25, 0.3) is 0 Å². The zero-order valence-electron chi connectivity index (χ0n) is 12.9. The lowest BCUT2D eigenvalue weighted by Crippen LogP contribution is -2.00. The lowest BCUT2D eigenvalue weighted by molar-refractivity contribution is 0.174. The summed E-state index contributed by atoms with van der Waals surface area (Å²) in [7, 11) is 1.91. The van der Waals surface area contributed by atoms with Crippen molar-refractivity contribution < 1.29 is 5.11 Å². The molecule has 0 aliphatic rings. The Balaban J connectivity index is 0.000000286. The molecule has 2 rings (SSSR count). The van der Waals surface area contributed by atoms with E-state index in [4.69, 9.17) is 5.11 Å². The molecule has 0 saturated carbocycles. The summed E-state index contributed by atoms with van der Waals surface area (Å²) in [6, 6.07) is 9.97. The Hall–Kier alpha value is -1.46. The first-order valence-electron chi connectivity index (χ1n) is 6.81. The molecule has 0 fully saturated rings. The van der Waals surface area contributed by atoms with Gasteiger partial charge in [0.05, 0.1) is 6.10 Å². The number of rotatable bonds is 3. The fourth-order valence-electron chi connectivity index (χ4n) is 1.11. The fraction of sp³-hybridized carbons (Fsp3) is 0.375. The summed E-state index contributed by atoms with van der Waals surface area (Å²) in [4.78, 5) is 0. The molecule has 1 unspecified atom stereocenters. The molecule has 1 N–H and O–H groups in total. The van der Waals surface area contributed by atoms with E-state index in [1.54, 1.807) is 12.4 Å². The van der Waals surface area contributed by atoms with E-state index in [-0.39, 0.29) is 6.10 Å². The largest absolute Gasteiger partial charge is 0.393 e. The molecule has 0 aliphatic carbocycles. The van der Waals surface area contributed by atoms with Crippen molar-refractivity contribution in [3.8, 4) is 0 Å². The van der Waals surface area contributed by atoms with Crippen LogP contribution in [-0.2, 0) is 7.05 Å². The molecule has 0 spiro atoms. The Kier molecular flexibility index (Phi) is 11.4. The van der Waals surface area contributed by atoms with Crippen molar-refractivity contribution >= 4 is 15.9 Å². The second-order valence-electron chi connectivity index (χ2n) is 4.37. The van der Waals surface area contributed by atoms with E-state index in [0.717, 1.165) is 23.1 Å². The third-order valence-corrected chi connectivity index (χ3v) is 3.11. The first kappa shape index (κ1) is 19.5. The summed E-state index contributed by atoms with van der Waals surface area (Å²) in [6.45, 7) is 7.35. The van der Waals surface area contributed by atoms with Crippen molar-refractivity contribution in [3.05, 3.63) is 59.6 Å². The highest BCUT2D eigenvalue weighted by Gasteiger charge is 1.92. The predicted octanol–water partition coefficient (Wildman–Crippen LogP) is 3.91. The van der Waals surface area contributed by atoms with Crippen LogP contribution in [0.2, 0.25) is 0 Å². The van der Waals surface area contributed by atoms with Crippen LogP contribution in [0.25, 0.3) is 0 Å². The molecule has 116 valence electrons. The van der Waals surface area contributed by atoms with Crippen molar-refractivity contribution in [3.63, 3.8) is 0 Å². The van der Waals surface area contributed by atoms with Gasteiger partial charge in [-0.1, -0.05) is 47.1 Å². The Labute approximate surface area is 135 Å². The first-order chi connectivity index (χ1) is 10.0. The van der Waals surface area contributed by atoms with Crippen LogP contribution in [0.3, 0.4) is 0 Å². The lowest BCUT2D eigenvalue weighted by atomic mass is 10.2. The normalized spacial score (nSPS) is 10.5. The minimum atomic E-state index is -0.169. The van der Waals surface area contributed by atoms with Gasteiger partial charge < -0.3 is 9.67 Å². The SMILES string of the molecule is Brc1ccccc1.C=CCC(O)CC.Cc1nncn1C. The van der Waals surface area contributed by atoms with Crippen molar-refractivity contribution in [1.29, 1.82) is 0 Å². The Morgan fingerprint density at radius 2 is 2.00 bits per heavy atom. The number of aromatic nitrogens is 3. The second-order valence-corrected chi connectivity index (χ2v) is 5.29. The number of benzene rings is 1.